The second-order valence-electron chi connectivity index (χ2n) is 6.35. The molecule has 8 heteroatoms. The SMILES string of the molecule is O=C1C=C(Oc2c(F)c(F)c(C(=O)N3CCCCC3)c(F)c2F)CCC1. The van der Waals surface area contributed by atoms with Crippen molar-refractivity contribution >= 4 is 11.7 Å². The van der Waals surface area contributed by atoms with Crippen molar-refractivity contribution in [1.82, 2.24) is 4.90 Å². The van der Waals surface area contributed by atoms with Crippen LogP contribution >= 0.6 is 0 Å². The number of benzene rings is 1. The molecular weight excluding hydrogens is 354 g/mol. The average Bonchev–Trinajstić information content (AvgIpc) is 2.64. The average molecular weight is 371 g/mol. The molecule has 26 heavy (non-hydrogen) atoms. The van der Waals surface area contributed by atoms with Gasteiger partial charge in [0.25, 0.3) is 5.91 Å². The second kappa shape index (κ2) is 7.47. The van der Waals surface area contributed by atoms with Gasteiger partial charge in [0.05, 0.1) is 0 Å². The van der Waals surface area contributed by atoms with Crippen LogP contribution in [-0.2, 0) is 4.79 Å². The van der Waals surface area contributed by atoms with Crippen LogP contribution in [0.5, 0.6) is 5.75 Å². The van der Waals surface area contributed by atoms with E-state index in [1.807, 2.05) is 0 Å². The molecule has 1 aliphatic carbocycles. The van der Waals surface area contributed by atoms with Gasteiger partial charge in [0, 0.05) is 32.0 Å². The Labute approximate surface area is 147 Å². The number of hydrogen-bond donors (Lipinski definition) is 0. The Balaban J connectivity index is 1.97. The van der Waals surface area contributed by atoms with E-state index in [0.717, 1.165) is 12.5 Å². The quantitative estimate of drug-likeness (QED) is 0.598. The normalized spacial score (nSPS) is 17.9. The van der Waals surface area contributed by atoms with Crippen molar-refractivity contribution in [3.05, 3.63) is 40.7 Å². The van der Waals surface area contributed by atoms with Crippen LogP contribution in [0.4, 0.5) is 17.6 Å². The zero-order chi connectivity index (χ0) is 18.8. The number of nitrogens with zero attached hydrogens (tertiary/aromatic N) is 1. The minimum absolute atomic E-state index is 0.0760. The lowest BCUT2D eigenvalue weighted by Crippen LogP contribution is -2.37. The predicted octanol–water partition coefficient (Wildman–Crippen LogP) is 3.88. The number of allylic oxidation sites excluding steroid dienone is 2. The number of likely N-dealkylation sites (tertiary alicyclic amines) is 1. The summed E-state index contributed by atoms with van der Waals surface area (Å²) in [5.41, 5.74) is -1.26. The van der Waals surface area contributed by atoms with E-state index < -0.39 is 40.5 Å². The van der Waals surface area contributed by atoms with Gasteiger partial charge in [-0.25, -0.2) is 8.78 Å². The van der Waals surface area contributed by atoms with Crippen LogP contribution in [0.3, 0.4) is 0 Å². The van der Waals surface area contributed by atoms with E-state index in [1.54, 1.807) is 0 Å². The molecule has 2 aliphatic rings. The molecule has 3 rings (SSSR count). The third kappa shape index (κ3) is 3.45. The number of hydrogen-bond acceptors (Lipinski definition) is 3. The summed E-state index contributed by atoms with van der Waals surface area (Å²) in [6.07, 6.45) is 4.12. The molecule has 1 aliphatic heterocycles. The summed E-state index contributed by atoms with van der Waals surface area (Å²) in [6, 6.07) is 0. The lowest BCUT2D eigenvalue weighted by molar-refractivity contribution is -0.115. The lowest BCUT2D eigenvalue weighted by atomic mass is 10.0. The highest BCUT2D eigenvalue weighted by Gasteiger charge is 2.33. The highest BCUT2D eigenvalue weighted by molar-refractivity contribution is 5.95. The third-order valence-corrected chi connectivity index (χ3v) is 4.48. The van der Waals surface area contributed by atoms with Crippen molar-refractivity contribution in [1.29, 1.82) is 0 Å². The van der Waals surface area contributed by atoms with Gasteiger partial charge in [-0.3, -0.25) is 9.59 Å². The van der Waals surface area contributed by atoms with Crippen molar-refractivity contribution in [2.24, 2.45) is 0 Å². The number of rotatable bonds is 3. The van der Waals surface area contributed by atoms with E-state index in [2.05, 4.69) is 0 Å². The van der Waals surface area contributed by atoms with Crippen LogP contribution in [-0.4, -0.2) is 29.7 Å². The number of piperidine rings is 1. The van der Waals surface area contributed by atoms with E-state index in [0.29, 0.717) is 19.3 Å². The summed E-state index contributed by atoms with van der Waals surface area (Å²) in [5.74, 6) is -9.91. The van der Waals surface area contributed by atoms with Gasteiger partial charge >= 0.3 is 0 Å². The Bertz CT molecular complexity index is 756. The molecule has 1 aromatic rings. The third-order valence-electron chi connectivity index (χ3n) is 4.48. The summed E-state index contributed by atoms with van der Waals surface area (Å²) in [4.78, 5) is 24.8. The number of amides is 1. The number of carbonyl (C=O) groups excluding carboxylic acids is 2. The molecule has 1 saturated heterocycles. The summed E-state index contributed by atoms with van der Waals surface area (Å²) in [5, 5.41) is 0. The number of ketones is 1. The van der Waals surface area contributed by atoms with E-state index in [1.165, 1.54) is 4.90 Å². The molecule has 4 nitrogen and oxygen atoms in total. The minimum Gasteiger partial charge on any atom is -0.455 e. The fourth-order valence-electron chi connectivity index (χ4n) is 3.12. The fraction of sp³-hybridized carbons (Fsp3) is 0.444. The smallest absolute Gasteiger partial charge is 0.260 e. The van der Waals surface area contributed by atoms with Gasteiger partial charge in [-0.05, 0) is 25.7 Å². The molecule has 0 saturated carbocycles. The maximum absolute atomic E-state index is 14.3. The Hall–Kier alpha value is -2.38. The highest BCUT2D eigenvalue weighted by atomic mass is 19.2. The molecular formula is C18H17F4NO3. The van der Waals surface area contributed by atoms with E-state index in [4.69, 9.17) is 4.74 Å². The second-order valence-corrected chi connectivity index (χ2v) is 6.35. The van der Waals surface area contributed by atoms with Crippen molar-refractivity contribution < 1.29 is 31.9 Å². The number of carbonyl (C=O) groups is 2. The molecule has 1 amide bonds. The molecule has 0 N–H and O–H groups in total. The van der Waals surface area contributed by atoms with E-state index in [-0.39, 0.29) is 37.5 Å². The zero-order valence-corrected chi connectivity index (χ0v) is 13.9. The first-order valence-electron chi connectivity index (χ1n) is 8.46. The maximum Gasteiger partial charge on any atom is 0.260 e. The predicted molar refractivity (Wildman–Crippen MR) is 83.6 cm³/mol. The molecule has 0 spiro atoms. The monoisotopic (exact) mass is 371 g/mol. The Kier molecular flexibility index (Phi) is 5.29. The van der Waals surface area contributed by atoms with Crippen molar-refractivity contribution in [2.75, 3.05) is 13.1 Å². The first-order chi connectivity index (χ1) is 12.4. The highest BCUT2D eigenvalue weighted by Crippen LogP contribution is 2.33. The maximum atomic E-state index is 14.3. The Morgan fingerprint density at radius 3 is 2.08 bits per heavy atom. The van der Waals surface area contributed by atoms with Gasteiger partial charge in [-0.2, -0.15) is 8.78 Å². The van der Waals surface area contributed by atoms with Crippen molar-refractivity contribution in [2.45, 2.75) is 38.5 Å². The first-order valence-corrected chi connectivity index (χ1v) is 8.46. The van der Waals surface area contributed by atoms with Crippen LogP contribution in [0, 0.1) is 23.3 Å². The van der Waals surface area contributed by atoms with E-state index in [9.17, 15) is 27.2 Å². The lowest BCUT2D eigenvalue weighted by Gasteiger charge is -2.27. The molecule has 0 atom stereocenters. The summed E-state index contributed by atoms with van der Waals surface area (Å²) in [6.45, 7) is 0.544. The largest absolute Gasteiger partial charge is 0.455 e. The zero-order valence-electron chi connectivity index (χ0n) is 13.9. The molecule has 140 valence electrons. The Morgan fingerprint density at radius 2 is 1.50 bits per heavy atom. The fourth-order valence-corrected chi connectivity index (χ4v) is 3.12. The number of halogens is 4. The van der Waals surface area contributed by atoms with Crippen molar-refractivity contribution in [3.63, 3.8) is 0 Å². The van der Waals surface area contributed by atoms with Gasteiger partial charge in [-0.1, -0.05) is 0 Å². The van der Waals surface area contributed by atoms with Gasteiger partial charge < -0.3 is 9.64 Å². The van der Waals surface area contributed by atoms with Gasteiger partial charge in [0.15, 0.2) is 17.4 Å². The first kappa shape index (κ1) is 18.4. The molecule has 1 heterocycles. The molecule has 0 radical (unpaired) electrons. The van der Waals surface area contributed by atoms with Gasteiger partial charge in [0.1, 0.15) is 11.3 Å². The summed E-state index contributed by atoms with van der Waals surface area (Å²) in [7, 11) is 0. The van der Waals surface area contributed by atoms with Crippen LogP contribution in [0.2, 0.25) is 0 Å². The number of ether oxygens (including phenoxy) is 1. The Morgan fingerprint density at radius 1 is 0.885 bits per heavy atom. The van der Waals surface area contributed by atoms with E-state index >= 15 is 0 Å². The minimum atomic E-state index is -1.79. The van der Waals surface area contributed by atoms with Crippen LogP contribution in [0.1, 0.15) is 48.9 Å². The topological polar surface area (TPSA) is 46.6 Å². The van der Waals surface area contributed by atoms with Crippen LogP contribution < -0.4 is 4.74 Å². The van der Waals surface area contributed by atoms with Gasteiger partial charge in [0.2, 0.25) is 17.4 Å². The van der Waals surface area contributed by atoms with Crippen LogP contribution in [0.25, 0.3) is 0 Å². The van der Waals surface area contributed by atoms with Gasteiger partial charge in [-0.15, -0.1) is 0 Å². The summed E-state index contributed by atoms with van der Waals surface area (Å²) < 4.78 is 62.2. The molecule has 0 aromatic heterocycles. The van der Waals surface area contributed by atoms with Crippen molar-refractivity contribution in [3.8, 4) is 5.75 Å². The standard InChI is InChI=1S/C18H17F4NO3/c19-13-12(18(25)23-7-2-1-3-8-23)14(20)16(22)17(15(13)21)26-11-6-4-5-10(24)9-11/h9H,1-8H2. The molecule has 1 aromatic carbocycles. The summed E-state index contributed by atoms with van der Waals surface area (Å²) >= 11 is 0. The van der Waals surface area contributed by atoms with Crippen LogP contribution in [0.15, 0.2) is 11.8 Å². The molecule has 0 unspecified atom stereocenters. The molecule has 1 fully saturated rings. The molecule has 0 bridgehead atoms.